The van der Waals surface area contributed by atoms with Crippen LogP contribution in [-0.2, 0) is 9.59 Å². The molecular formula is C22H27ClN2O3. The predicted molar refractivity (Wildman–Crippen MR) is 108 cm³/mol. The van der Waals surface area contributed by atoms with E-state index in [2.05, 4.69) is 16.7 Å². The lowest BCUT2D eigenvalue weighted by Crippen LogP contribution is -2.70. The monoisotopic (exact) mass is 402 g/mol. The van der Waals surface area contributed by atoms with Crippen LogP contribution in [-0.4, -0.2) is 29.0 Å². The minimum absolute atomic E-state index is 0.0200. The van der Waals surface area contributed by atoms with Gasteiger partial charge in [-0.3, -0.25) is 9.59 Å². The average Bonchev–Trinajstić information content (AvgIpc) is 2.61. The molecule has 2 amide bonds. The van der Waals surface area contributed by atoms with Crippen molar-refractivity contribution in [2.75, 3.05) is 0 Å². The summed E-state index contributed by atoms with van der Waals surface area (Å²) in [4.78, 5) is 24.6. The molecule has 0 unspecified atom stereocenters. The number of fused-ring (bicyclic) bond motifs is 1. The van der Waals surface area contributed by atoms with Gasteiger partial charge in [-0.1, -0.05) is 23.3 Å². The Labute approximate surface area is 170 Å². The number of aryl methyl sites for hydroxylation is 1. The Morgan fingerprint density at radius 2 is 1.93 bits per heavy atom. The van der Waals surface area contributed by atoms with Gasteiger partial charge in [0.2, 0.25) is 5.91 Å². The van der Waals surface area contributed by atoms with Crippen LogP contribution in [0, 0.1) is 18.8 Å². The van der Waals surface area contributed by atoms with Crippen molar-refractivity contribution in [3.63, 3.8) is 0 Å². The molecule has 6 rings (SSSR count). The van der Waals surface area contributed by atoms with E-state index in [1.54, 1.807) is 32.9 Å². The van der Waals surface area contributed by atoms with E-state index >= 15 is 0 Å². The summed E-state index contributed by atoms with van der Waals surface area (Å²) in [5.41, 5.74) is 1.22. The summed E-state index contributed by atoms with van der Waals surface area (Å²) in [7, 11) is 0. The van der Waals surface area contributed by atoms with Crippen LogP contribution in [0.4, 0.5) is 0 Å². The minimum Gasteiger partial charge on any atom is -0.478 e. The Kier molecular flexibility index (Phi) is 4.49. The number of ether oxygens (including phenoxy) is 1. The maximum Gasteiger partial charge on any atom is 0.263 e. The van der Waals surface area contributed by atoms with Crippen LogP contribution in [0.5, 0.6) is 5.75 Å². The molecule has 3 saturated carbocycles. The highest BCUT2D eigenvalue weighted by atomic mass is 35.5. The summed E-state index contributed by atoms with van der Waals surface area (Å²) in [5.74, 6) is 1.19. The van der Waals surface area contributed by atoms with E-state index in [-0.39, 0.29) is 23.4 Å². The number of carbonyl (C=O) groups is 2. The lowest BCUT2D eigenvalue weighted by molar-refractivity contribution is -0.138. The maximum absolute atomic E-state index is 13.0. The van der Waals surface area contributed by atoms with Gasteiger partial charge in [-0.25, -0.2) is 0 Å². The van der Waals surface area contributed by atoms with Crippen molar-refractivity contribution in [1.29, 1.82) is 0 Å². The molecule has 5 nitrogen and oxygen atoms in total. The van der Waals surface area contributed by atoms with Crippen LogP contribution in [0.1, 0.15) is 45.6 Å². The molecule has 0 saturated heterocycles. The van der Waals surface area contributed by atoms with Gasteiger partial charge < -0.3 is 15.4 Å². The highest BCUT2D eigenvalue weighted by Crippen LogP contribution is 2.58. The molecule has 1 aromatic carbocycles. The fourth-order valence-electron chi connectivity index (χ4n) is 5.15. The quantitative estimate of drug-likeness (QED) is 0.740. The third kappa shape index (κ3) is 3.20. The standard InChI is InChI=1S/C22H27ClN2O3/c1-12-9-14(23)5-6-18(12)28-21(3,4)20(27)24-19-16-10-22(25-13(2)26)8-7-15(16)17(19)11-22/h5-7,9,16-17,19H,8,10-11H2,1-4H3,(H,24,27)(H,25,26)/t16-,17+,19-,22-. The summed E-state index contributed by atoms with van der Waals surface area (Å²) in [6, 6.07) is 5.51. The molecule has 150 valence electrons. The van der Waals surface area contributed by atoms with E-state index < -0.39 is 5.60 Å². The second-order valence-electron chi connectivity index (χ2n) is 9.01. The summed E-state index contributed by atoms with van der Waals surface area (Å²) in [5, 5.41) is 7.03. The number of hydrogen-bond donors (Lipinski definition) is 2. The molecule has 0 aromatic heterocycles. The van der Waals surface area contributed by atoms with E-state index in [1.165, 1.54) is 5.57 Å². The Balaban J connectivity index is 1.43. The van der Waals surface area contributed by atoms with E-state index in [4.69, 9.17) is 16.3 Å². The van der Waals surface area contributed by atoms with Crippen molar-refractivity contribution in [3.8, 4) is 5.75 Å². The van der Waals surface area contributed by atoms with Gasteiger partial charge in [-0.05, 0) is 63.8 Å². The summed E-state index contributed by atoms with van der Waals surface area (Å²) >= 11 is 6.01. The first-order valence-electron chi connectivity index (χ1n) is 9.85. The van der Waals surface area contributed by atoms with Gasteiger partial charge in [-0.2, -0.15) is 0 Å². The third-order valence-corrected chi connectivity index (χ3v) is 6.70. The van der Waals surface area contributed by atoms with Crippen molar-refractivity contribution in [2.24, 2.45) is 11.8 Å². The van der Waals surface area contributed by atoms with Gasteiger partial charge >= 0.3 is 0 Å². The molecule has 6 heteroatoms. The molecule has 0 radical (unpaired) electrons. The first kappa shape index (κ1) is 19.3. The summed E-state index contributed by atoms with van der Waals surface area (Å²) in [6.07, 6.45) is 4.97. The van der Waals surface area contributed by atoms with Crippen LogP contribution in [0.2, 0.25) is 5.02 Å². The number of rotatable bonds is 5. The zero-order valence-corrected chi connectivity index (χ0v) is 17.5. The smallest absolute Gasteiger partial charge is 0.263 e. The average molecular weight is 403 g/mol. The number of amides is 2. The van der Waals surface area contributed by atoms with E-state index in [9.17, 15) is 9.59 Å². The van der Waals surface area contributed by atoms with Gasteiger partial charge in [0.1, 0.15) is 5.75 Å². The number of benzene rings is 1. The van der Waals surface area contributed by atoms with Gasteiger partial charge in [0, 0.05) is 35.4 Å². The normalized spacial score (nSPS) is 30.2. The Morgan fingerprint density at radius 1 is 1.25 bits per heavy atom. The van der Waals surface area contributed by atoms with Crippen molar-refractivity contribution in [1.82, 2.24) is 10.6 Å². The highest BCUT2D eigenvalue weighted by Gasteiger charge is 2.60. The second-order valence-corrected chi connectivity index (χ2v) is 9.45. The molecule has 5 aliphatic rings. The molecule has 4 atom stereocenters. The van der Waals surface area contributed by atoms with Crippen molar-refractivity contribution in [2.45, 2.75) is 64.1 Å². The van der Waals surface area contributed by atoms with Crippen LogP contribution >= 0.6 is 11.6 Å². The van der Waals surface area contributed by atoms with Gasteiger partial charge in [0.25, 0.3) is 5.91 Å². The van der Waals surface area contributed by atoms with Crippen molar-refractivity contribution < 1.29 is 14.3 Å². The molecule has 0 heterocycles. The van der Waals surface area contributed by atoms with E-state index in [0.717, 1.165) is 24.8 Å². The minimum atomic E-state index is -0.995. The lowest BCUT2D eigenvalue weighted by Gasteiger charge is -2.62. The number of carbonyl (C=O) groups excluding carboxylic acids is 2. The number of hydrogen-bond acceptors (Lipinski definition) is 3. The molecule has 5 aliphatic carbocycles. The molecule has 0 spiro atoms. The first-order chi connectivity index (χ1) is 13.1. The second kappa shape index (κ2) is 6.51. The van der Waals surface area contributed by atoms with Gasteiger partial charge in [0.15, 0.2) is 5.60 Å². The molecule has 3 fully saturated rings. The maximum atomic E-state index is 13.0. The Morgan fingerprint density at radius 3 is 2.54 bits per heavy atom. The zero-order chi connectivity index (χ0) is 20.3. The molecule has 0 aliphatic heterocycles. The molecule has 1 aromatic rings. The third-order valence-electron chi connectivity index (χ3n) is 6.46. The SMILES string of the molecule is CC(=O)N[C@]12CC=C3[C@@H](C1)[C@@H](NC(=O)C(C)(C)Oc1ccc(Cl)cc1C)[C@H]3C2. The fourth-order valence-corrected chi connectivity index (χ4v) is 5.38. The number of halogens is 1. The van der Waals surface area contributed by atoms with E-state index in [0.29, 0.717) is 22.6 Å². The van der Waals surface area contributed by atoms with Crippen molar-refractivity contribution in [3.05, 3.63) is 40.4 Å². The van der Waals surface area contributed by atoms with Crippen LogP contribution in [0.15, 0.2) is 29.8 Å². The number of nitrogens with one attached hydrogen (secondary N) is 2. The largest absolute Gasteiger partial charge is 0.478 e. The fraction of sp³-hybridized carbons (Fsp3) is 0.545. The Hall–Kier alpha value is -2.01. The molecular weight excluding hydrogens is 376 g/mol. The Bertz CT molecular complexity index is 861. The first-order valence-corrected chi connectivity index (χ1v) is 10.2. The highest BCUT2D eigenvalue weighted by molar-refractivity contribution is 6.30. The molecule has 28 heavy (non-hydrogen) atoms. The summed E-state index contributed by atoms with van der Waals surface area (Å²) in [6.45, 7) is 7.06. The molecule has 2 N–H and O–H groups in total. The lowest BCUT2D eigenvalue weighted by atomic mass is 9.48. The van der Waals surface area contributed by atoms with Crippen LogP contribution < -0.4 is 15.4 Å². The van der Waals surface area contributed by atoms with Crippen LogP contribution in [0.3, 0.4) is 0 Å². The van der Waals surface area contributed by atoms with Gasteiger partial charge in [0.05, 0.1) is 0 Å². The van der Waals surface area contributed by atoms with E-state index in [1.807, 2.05) is 13.0 Å². The molecule has 4 bridgehead atoms. The summed E-state index contributed by atoms with van der Waals surface area (Å²) < 4.78 is 6.03. The topological polar surface area (TPSA) is 67.4 Å². The van der Waals surface area contributed by atoms with Crippen molar-refractivity contribution >= 4 is 23.4 Å². The van der Waals surface area contributed by atoms with Crippen LogP contribution in [0.25, 0.3) is 0 Å². The van der Waals surface area contributed by atoms with Gasteiger partial charge in [-0.15, -0.1) is 0 Å². The predicted octanol–water partition coefficient (Wildman–Crippen LogP) is 3.54. The zero-order valence-electron chi connectivity index (χ0n) is 16.8.